The first-order chi connectivity index (χ1) is 18.5. The quantitative estimate of drug-likeness (QED) is 0.320. The number of benzene rings is 3. The molecule has 4 rings (SSSR count). The minimum atomic E-state index is -1.82. The molecule has 0 radical (unpaired) electrons. The topological polar surface area (TPSA) is 119 Å². The monoisotopic (exact) mass is 534 g/mol. The number of anilines is 1. The third-order valence-electron chi connectivity index (χ3n) is 6.37. The zero-order valence-corrected chi connectivity index (χ0v) is 22.9. The van der Waals surface area contributed by atoms with Gasteiger partial charge in [-0.15, -0.1) is 0 Å². The van der Waals surface area contributed by atoms with E-state index in [1.165, 1.54) is 11.1 Å². The number of aliphatic carboxylic acids is 2. The van der Waals surface area contributed by atoms with Gasteiger partial charge in [0.2, 0.25) is 0 Å². The Morgan fingerprint density at radius 1 is 0.923 bits per heavy atom. The normalized spacial score (nSPS) is 16.3. The highest BCUT2D eigenvalue weighted by Crippen LogP contribution is 2.42. The van der Waals surface area contributed by atoms with Crippen molar-refractivity contribution < 1.29 is 29.6 Å². The molecule has 0 aliphatic heterocycles. The number of carboxylic acids is 2. The van der Waals surface area contributed by atoms with Gasteiger partial charge in [-0.2, -0.15) is 0 Å². The van der Waals surface area contributed by atoms with Crippen molar-refractivity contribution in [3.63, 3.8) is 0 Å². The lowest BCUT2D eigenvalue weighted by molar-refractivity contribution is -0.159. The fourth-order valence-electron chi connectivity index (χ4n) is 4.76. The number of nitrogens with zero attached hydrogens (tertiary/aromatic N) is 1. The van der Waals surface area contributed by atoms with E-state index in [1.54, 1.807) is 0 Å². The highest BCUT2D eigenvalue weighted by Gasteiger charge is 2.33. The fourth-order valence-corrected chi connectivity index (χ4v) is 4.76. The minimum absolute atomic E-state index is 0.0425. The molecule has 0 fully saturated rings. The molecule has 2 unspecified atom stereocenters. The van der Waals surface area contributed by atoms with Gasteiger partial charge >= 0.3 is 11.9 Å². The molecule has 8 heteroatoms. The molecule has 39 heavy (non-hydrogen) atoms. The Kier molecular flexibility index (Phi) is 10.1. The maximum absolute atomic E-state index is 11.3. The second-order valence-electron chi connectivity index (χ2n) is 10.7. The first-order valence-electron chi connectivity index (χ1n) is 13.0. The lowest BCUT2D eigenvalue weighted by Crippen LogP contribution is -2.48. The largest absolute Gasteiger partial charge is 0.487 e. The van der Waals surface area contributed by atoms with Crippen LogP contribution in [0.4, 0.5) is 5.69 Å². The summed E-state index contributed by atoms with van der Waals surface area (Å²) in [6.45, 7) is 7.74. The smallest absolute Gasteiger partial charge is 0.414 e. The standard InChI is InChI=1S/C29H36N2O2.C2H2O4/c1-29(2,3)30-25-17-15-23-24(28(25)32)16-18-26(33-20-22-13-9-6-10-14-22)27(23)31(4)19-21-11-7-5-8-12-21;3-1(4)2(5)6/h5-14,16,18,25,28,30,32H,15,17,19-20H2,1-4H3;(H,3,4)(H,5,6). The van der Waals surface area contributed by atoms with E-state index in [0.717, 1.165) is 42.0 Å². The Morgan fingerprint density at radius 2 is 1.49 bits per heavy atom. The van der Waals surface area contributed by atoms with Crippen molar-refractivity contribution in [2.24, 2.45) is 0 Å². The molecule has 4 N–H and O–H groups in total. The number of nitrogens with one attached hydrogen (secondary N) is 1. The number of fused-ring (bicyclic) bond motifs is 1. The van der Waals surface area contributed by atoms with Gasteiger partial charge < -0.3 is 30.3 Å². The predicted octanol–water partition coefficient (Wildman–Crippen LogP) is 4.79. The molecule has 0 saturated carbocycles. The van der Waals surface area contributed by atoms with Gasteiger partial charge in [0, 0.05) is 25.2 Å². The van der Waals surface area contributed by atoms with E-state index in [-0.39, 0.29) is 11.6 Å². The number of hydrogen-bond donors (Lipinski definition) is 4. The molecule has 0 heterocycles. The molecule has 0 aromatic heterocycles. The van der Waals surface area contributed by atoms with Crippen LogP contribution in [0.5, 0.6) is 5.75 Å². The number of carbonyl (C=O) groups is 2. The molecule has 0 amide bonds. The van der Waals surface area contributed by atoms with Gasteiger partial charge in [0.15, 0.2) is 0 Å². The van der Waals surface area contributed by atoms with Crippen LogP contribution >= 0.6 is 0 Å². The van der Waals surface area contributed by atoms with Crippen molar-refractivity contribution in [2.45, 2.75) is 64.4 Å². The van der Waals surface area contributed by atoms with Crippen LogP contribution in [0.1, 0.15) is 55.5 Å². The SMILES string of the molecule is CN(Cc1ccccc1)c1c(OCc2ccccc2)ccc2c1CCC(NC(C)(C)C)C2O.O=C(O)C(=O)O. The molecule has 2 atom stereocenters. The van der Waals surface area contributed by atoms with E-state index >= 15 is 0 Å². The van der Waals surface area contributed by atoms with Crippen molar-refractivity contribution in [2.75, 3.05) is 11.9 Å². The summed E-state index contributed by atoms with van der Waals surface area (Å²) in [4.78, 5) is 20.5. The number of aliphatic hydroxyl groups excluding tert-OH is 1. The van der Waals surface area contributed by atoms with Crippen molar-refractivity contribution >= 4 is 17.6 Å². The van der Waals surface area contributed by atoms with Crippen LogP contribution in [0.2, 0.25) is 0 Å². The van der Waals surface area contributed by atoms with E-state index in [0.29, 0.717) is 6.61 Å². The van der Waals surface area contributed by atoms with Gasteiger partial charge in [0.05, 0.1) is 11.8 Å². The summed E-state index contributed by atoms with van der Waals surface area (Å²) in [5, 5.41) is 29.6. The van der Waals surface area contributed by atoms with Crippen LogP contribution in [0, 0.1) is 0 Å². The predicted molar refractivity (Wildman–Crippen MR) is 151 cm³/mol. The van der Waals surface area contributed by atoms with Crippen LogP contribution in [-0.4, -0.2) is 45.9 Å². The highest BCUT2D eigenvalue weighted by molar-refractivity contribution is 6.27. The number of rotatable bonds is 7. The second-order valence-corrected chi connectivity index (χ2v) is 10.7. The van der Waals surface area contributed by atoms with Crippen molar-refractivity contribution in [3.05, 3.63) is 95.1 Å². The van der Waals surface area contributed by atoms with Crippen LogP contribution < -0.4 is 15.0 Å². The number of aliphatic hydroxyl groups is 1. The van der Waals surface area contributed by atoms with Crippen LogP contribution in [0.3, 0.4) is 0 Å². The van der Waals surface area contributed by atoms with Gasteiger partial charge in [-0.1, -0.05) is 66.7 Å². The van der Waals surface area contributed by atoms with E-state index in [9.17, 15) is 5.11 Å². The third kappa shape index (κ3) is 8.56. The molecule has 1 aliphatic carbocycles. The zero-order chi connectivity index (χ0) is 28.6. The fraction of sp³-hybridized carbons (Fsp3) is 0.355. The first kappa shape index (κ1) is 29.7. The van der Waals surface area contributed by atoms with E-state index < -0.39 is 18.0 Å². The summed E-state index contributed by atoms with van der Waals surface area (Å²) in [5.41, 5.74) is 5.62. The van der Waals surface area contributed by atoms with Crippen LogP contribution in [0.15, 0.2) is 72.8 Å². The van der Waals surface area contributed by atoms with Crippen molar-refractivity contribution in [1.82, 2.24) is 5.32 Å². The first-order valence-corrected chi connectivity index (χ1v) is 13.0. The van der Waals surface area contributed by atoms with E-state index in [1.807, 2.05) is 30.3 Å². The lowest BCUT2D eigenvalue weighted by Gasteiger charge is -2.38. The van der Waals surface area contributed by atoms with Gasteiger partial charge in [0.25, 0.3) is 0 Å². The van der Waals surface area contributed by atoms with Gasteiger partial charge in [-0.05, 0) is 61.9 Å². The lowest BCUT2D eigenvalue weighted by atomic mass is 9.83. The van der Waals surface area contributed by atoms with Crippen LogP contribution in [0.25, 0.3) is 0 Å². The third-order valence-corrected chi connectivity index (χ3v) is 6.37. The van der Waals surface area contributed by atoms with Gasteiger partial charge in [-0.3, -0.25) is 0 Å². The summed E-state index contributed by atoms with van der Waals surface area (Å²) >= 11 is 0. The molecule has 3 aromatic carbocycles. The Balaban J connectivity index is 0.000000631. The molecule has 208 valence electrons. The second kappa shape index (κ2) is 13.3. The summed E-state index contributed by atoms with van der Waals surface area (Å²) in [6, 6.07) is 24.9. The summed E-state index contributed by atoms with van der Waals surface area (Å²) in [7, 11) is 2.11. The Morgan fingerprint density at radius 3 is 2.03 bits per heavy atom. The molecular formula is C31H38N2O6. The Labute approximate surface area is 229 Å². The summed E-state index contributed by atoms with van der Waals surface area (Å²) < 4.78 is 6.35. The maximum atomic E-state index is 11.3. The molecule has 0 spiro atoms. The maximum Gasteiger partial charge on any atom is 0.414 e. The molecule has 1 aliphatic rings. The average Bonchev–Trinajstić information content (AvgIpc) is 2.89. The average molecular weight is 535 g/mol. The number of ether oxygens (including phenoxy) is 1. The summed E-state index contributed by atoms with van der Waals surface area (Å²) in [6.07, 6.45) is 1.25. The Bertz CT molecular complexity index is 1230. The number of carboxylic acid groups (broad SMARTS) is 2. The minimum Gasteiger partial charge on any atom is -0.487 e. The van der Waals surface area contributed by atoms with Crippen molar-refractivity contribution in [3.8, 4) is 5.75 Å². The van der Waals surface area contributed by atoms with Gasteiger partial charge in [0.1, 0.15) is 12.4 Å². The highest BCUT2D eigenvalue weighted by atomic mass is 16.5. The molecule has 3 aromatic rings. The van der Waals surface area contributed by atoms with Gasteiger partial charge in [-0.25, -0.2) is 9.59 Å². The van der Waals surface area contributed by atoms with E-state index in [2.05, 4.69) is 80.5 Å². The van der Waals surface area contributed by atoms with Crippen LogP contribution in [-0.2, 0) is 29.2 Å². The van der Waals surface area contributed by atoms with E-state index in [4.69, 9.17) is 24.5 Å². The summed E-state index contributed by atoms with van der Waals surface area (Å²) in [5.74, 6) is -2.78. The zero-order valence-electron chi connectivity index (χ0n) is 22.9. The molecule has 8 nitrogen and oxygen atoms in total. The molecule has 0 bridgehead atoms. The Hall–Kier alpha value is -3.88. The molecule has 0 saturated heterocycles. The number of hydrogen-bond acceptors (Lipinski definition) is 6. The van der Waals surface area contributed by atoms with Crippen molar-refractivity contribution in [1.29, 1.82) is 0 Å². The molecular weight excluding hydrogens is 496 g/mol.